The molecular formula is C13H14N2O2. The molecule has 1 fully saturated rings. The molecule has 0 unspecified atom stereocenters. The van der Waals surface area contributed by atoms with Gasteiger partial charge >= 0.3 is 0 Å². The second kappa shape index (κ2) is 4.49. The molecule has 4 heteroatoms. The minimum atomic E-state index is -0.958. The van der Waals surface area contributed by atoms with Crippen LogP contribution in [0.25, 0.3) is 0 Å². The molecule has 0 bridgehead atoms. The third-order valence-corrected chi connectivity index (χ3v) is 3.30. The second-order valence-electron chi connectivity index (χ2n) is 4.21. The van der Waals surface area contributed by atoms with Crippen LogP contribution in [-0.2, 0) is 15.0 Å². The lowest BCUT2D eigenvalue weighted by Gasteiger charge is -2.38. The number of piperidine rings is 1. The number of hydrogen-bond acceptors (Lipinski definition) is 3. The minimum absolute atomic E-state index is 0.0833. The van der Waals surface area contributed by atoms with Gasteiger partial charge in [-0.25, -0.2) is 0 Å². The fourth-order valence-electron chi connectivity index (χ4n) is 2.32. The smallest absolute Gasteiger partial charge is 0.215 e. The summed E-state index contributed by atoms with van der Waals surface area (Å²) in [6, 6.07) is 9.21. The molecule has 4 nitrogen and oxygen atoms in total. The highest BCUT2D eigenvalue weighted by atomic mass is 16.1. The maximum Gasteiger partial charge on any atom is 0.215 e. The summed E-state index contributed by atoms with van der Waals surface area (Å²) >= 11 is 0. The number of rotatable bonds is 3. The molecule has 0 saturated carbocycles. The topological polar surface area (TPSA) is 61.2 Å². The van der Waals surface area contributed by atoms with Crippen LogP contribution < -0.4 is 0 Å². The first-order valence-corrected chi connectivity index (χ1v) is 5.57. The van der Waals surface area contributed by atoms with Crippen molar-refractivity contribution in [1.29, 1.82) is 5.41 Å². The van der Waals surface area contributed by atoms with Gasteiger partial charge in [0.2, 0.25) is 6.41 Å². The summed E-state index contributed by atoms with van der Waals surface area (Å²) < 4.78 is 0. The highest BCUT2D eigenvalue weighted by molar-refractivity contribution is 6.08. The zero-order chi connectivity index (χ0) is 12.3. The van der Waals surface area contributed by atoms with Gasteiger partial charge in [-0.3, -0.25) is 10.2 Å². The van der Waals surface area contributed by atoms with Crippen molar-refractivity contribution in [1.82, 2.24) is 4.90 Å². The molecule has 1 N–H and O–H groups in total. The molecule has 0 aliphatic carbocycles. The zero-order valence-electron chi connectivity index (χ0n) is 9.43. The summed E-state index contributed by atoms with van der Waals surface area (Å²) in [4.78, 5) is 23.7. The van der Waals surface area contributed by atoms with Crippen molar-refractivity contribution in [2.24, 2.45) is 0 Å². The van der Waals surface area contributed by atoms with E-state index in [2.05, 4.69) is 0 Å². The zero-order valence-corrected chi connectivity index (χ0v) is 9.43. The lowest BCUT2D eigenvalue weighted by atomic mass is 9.74. The average molecular weight is 230 g/mol. The number of carbonyl (C=O) groups excluding carboxylic acids is 2. The Hall–Kier alpha value is -1.97. The Morgan fingerprint density at radius 3 is 2.53 bits per heavy atom. The number of likely N-dealkylation sites (tertiary alicyclic amines) is 1. The Labute approximate surface area is 99.7 Å². The fourth-order valence-corrected chi connectivity index (χ4v) is 2.32. The van der Waals surface area contributed by atoms with Crippen LogP contribution in [0.2, 0.25) is 0 Å². The summed E-state index contributed by atoms with van der Waals surface area (Å²) in [5.41, 5.74) is -0.174. The van der Waals surface area contributed by atoms with Crippen LogP contribution in [-0.4, -0.2) is 30.0 Å². The van der Waals surface area contributed by atoms with Crippen LogP contribution in [0.4, 0.5) is 0 Å². The Morgan fingerprint density at radius 1 is 1.24 bits per heavy atom. The summed E-state index contributed by atoms with van der Waals surface area (Å²) in [5.74, 6) is 0.0833. The van der Waals surface area contributed by atoms with Crippen LogP contribution in [0.5, 0.6) is 0 Å². The van der Waals surface area contributed by atoms with Gasteiger partial charge in [0, 0.05) is 6.54 Å². The van der Waals surface area contributed by atoms with Crippen molar-refractivity contribution in [3.05, 3.63) is 35.9 Å². The quantitative estimate of drug-likeness (QED) is 0.797. The number of amides is 1. The van der Waals surface area contributed by atoms with Crippen LogP contribution in [0.15, 0.2) is 30.3 Å². The Balaban J connectivity index is 2.47. The van der Waals surface area contributed by atoms with Crippen molar-refractivity contribution in [3.8, 4) is 0 Å². The highest BCUT2D eigenvalue weighted by Crippen LogP contribution is 2.33. The van der Waals surface area contributed by atoms with Crippen molar-refractivity contribution >= 4 is 18.5 Å². The number of nitrogens with zero attached hydrogens (tertiary/aromatic N) is 1. The monoisotopic (exact) mass is 230 g/mol. The molecule has 1 saturated heterocycles. The maximum atomic E-state index is 11.5. The average Bonchev–Trinajstić information content (AvgIpc) is 2.40. The number of hydrogen-bond donors (Lipinski definition) is 1. The molecule has 1 aromatic rings. The standard InChI is InChI=1S/C13H14N2O2/c14-12-13(9-16,7-4-8-15(12)10-17)11-5-2-1-3-6-11/h1-3,5-6,9-10,14H,4,7-8H2/t13-/m1/s1. The molecule has 2 rings (SSSR count). The van der Waals surface area contributed by atoms with Crippen LogP contribution >= 0.6 is 0 Å². The first kappa shape index (κ1) is 11.5. The van der Waals surface area contributed by atoms with E-state index in [1.807, 2.05) is 30.3 Å². The van der Waals surface area contributed by atoms with Gasteiger partial charge < -0.3 is 9.69 Å². The number of benzene rings is 1. The highest BCUT2D eigenvalue weighted by Gasteiger charge is 2.42. The number of aldehydes is 1. The number of nitrogens with one attached hydrogen (secondary N) is 1. The van der Waals surface area contributed by atoms with E-state index in [0.29, 0.717) is 19.4 Å². The molecule has 1 atom stereocenters. The Morgan fingerprint density at radius 2 is 1.94 bits per heavy atom. The third-order valence-electron chi connectivity index (χ3n) is 3.30. The van der Waals surface area contributed by atoms with Gasteiger partial charge in [0.25, 0.3) is 0 Å². The van der Waals surface area contributed by atoms with Gasteiger partial charge in [-0.1, -0.05) is 30.3 Å². The third kappa shape index (κ3) is 1.75. The molecule has 1 amide bonds. The summed E-state index contributed by atoms with van der Waals surface area (Å²) in [6.07, 6.45) is 2.74. The summed E-state index contributed by atoms with van der Waals surface area (Å²) in [6.45, 7) is 0.519. The predicted octanol–water partition coefficient (Wildman–Crippen LogP) is 1.35. The molecule has 0 aromatic heterocycles. The Kier molecular flexibility index (Phi) is 3.04. The van der Waals surface area contributed by atoms with Crippen molar-refractivity contribution in [2.75, 3.05) is 6.54 Å². The molecule has 88 valence electrons. The van der Waals surface area contributed by atoms with E-state index >= 15 is 0 Å². The van der Waals surface area contributed by atoms with Crippen LogP contribution in [0.1, 0.15) is 18.4 Å². The number of amidine groups is 1. The largest absolute Gasteiger partial charge is 0.302 e. The molecule has 1 aliphatic heterocycles. The molecule has 0 radical (unpaired) electrons. The Bertz CT molecular complexity index is 444. The van der Waals surface area contributed by atoms with E-state index in [1.165, 1.54) is 4.90 Å². The van der Waals surface area contributed by atoms with Crippen molar-refractivity contribution < 1.29 is 9.59 Å². The van der Waals surface area contributed by atoms with Gasteiger partial charge in [-0.2, -0.15) is 0 Å². The van der Waals surface area contributed by atoms with E-state index in [0.717, 1.165) is 18.3 Å². The lowest BCUT2D eigenvalue weighted by molar-refractivity contribution is -0.116. The SMILES string of the molecule is N=C1N(C=O)CCC[C@@]1(C=O)c1ccccc1. The van der Waals surface area contributed by atoms with Gasteiger partial charge in [0.1, 0.15) is 17.5 Å². The maximum absolute atomic E-state index is 11.5. The van der Waals surface area contributed by atoms with Crippen LogP contribution in [0, 0.1) is 5.41 Å². The first-order chi connectivity index (χ1) is 8.24. The first-order valence-electron chi connectivity index (χ1n) is 5.57. The van der Waals surface area contributed by atoms with Gasteiger partial charge in [0.05, 0.1) is 0 Å². The van der Waals surface area contributed by atoms with Gasteiger partial charge in [-0.05, 0) is 18.4 Å². The molecule has 1 aliphatic rings. The van der Waals surface area contributed by atoms with Crippen molar-refractivity contribution in [2.45, 2.75) is 18.3 Å². The molecule has 0 spiro atoms. The molecule has 1 heterocycles. The summed E-state index contributed by atoms with van der Waals surface area (Å²) in [5, 5.41) is 8.05. The second-order valence-corrected chi connectivity index (χ2v) is 4.21. The molecule has 17 heavy (non-hydrogen) atoms. The normalized spacial score (nSPS) is 24.5. The van der Waals surface area contributed by atoms with Crippen LogP contribution in [0.3, 0.4) is 0 Å². The van der Waals surface area contributed by atoms with Gasteiger partial charge in [0.15, 0.2) is 0 Å². The molecular weight excluding hydrogens is 216 g/mol. The minimum Gasteiger partial charge on any atom is -0.302 e. The number of carbonyl (C=O) groups is 2. The lowest BCUT2D eigenvalue weighted by Crippen LogP contribution is -2.51. The predicted molar refractivity (Wildman–Crippen MR) is 63.9 cm³/mol. The van der Waals surface area contributed by atoms with E-state index in [9.17, 15) is 9.59 Å². The molecule has 1 aromatic carbocycles. The van der Waals surface area contributed by atoms with E-state index in [1.54, 1.807) is 0 Å². The van der Waals surface area contributed by atoms with E-state index in [-0.39, 0.29) is 5.84 Å². The summed E-state index contributed by atoms with van der Waals surface area (Å²) in [7, 11) is 0. The fraction of sp³-hybridized carbons (Fsp3) is 0.308. The van der Waals surface area contributed by atoms with E-state index in [4.69, 9.17) is 5.41 Å². The van der Waals surface area contributed by atoms with E-state index < -0.39 is 5.41 Å². The van der Waals surface area contributed by atoms with Gasteiger partial charge in [-0.15, -0.1) is 0 Å². The van der Waals surface area contributed by atoms with Crippen molar-refractivity contribution in [3.63, 3.8) is 0 Å².